The molecule has 0 amide bonds. The number of furan rings is 1. The van der Waals surface area contributed by atoms with Crippen LogP contribution in [-0.2, 0) is 16.2 Å². The Morgan fingerprint density at radius 3 is 0.966 bits per heavy atom. The third-order valence-electron chi connectivity index (χ3n) is 31.3. The zero-order chi connectivity index (χ0) is 97.8. The SMILES string of the molecule is CC1(C)c2ccccc2-c2nc(-c3ccccc3)nc(-c3ccc(-n4c5ccccc5c5c4ccc4c6ccccc6n(-c6ccccc6)c45)cc3)c21.CC1(C)c2ccccc2-c2nc(-c3ccccc3)nc(-c3ccc(-n4c5ccccc5c5c6oc7ccccc7c6ccc54)cc3)c21.CC1(C)c2ccccc2-c2nc(-c3ccccc3)nc(-c3ccc(-n4c5ccccc5c5c6sc7ccccc7c6ccc54)cc3)c21. The zero-order valence-corrected chi connectivity index (χ0v) is 82.3. The van der Waals surface area contributed by atoms with Crippen LogP contribution in [0, 0.1) is 0 Å². The van der Waals surface area contributed by atoms with Crippen LogP contribution in [0.4, 0.5) is 0 Å². The molecule has 0 bridgehead atoms. The van der Waals surface area contributed by atoms with Crippen molar-refractivity contribution in [3.63, 3.8) is 0 Å². The minimum atomic E-state index is -0.245. The summed E-state index contributed by atoms with van der Waals surface area (Å²) in [5.74, 6) is 2.25. The third kappa shape index (κ3) is 13.0. The fourth-order valence-electron chi connectivity index (χ4n) is 24.6. The van der Waals surface area contributed by atoms with E-state index in [0.29, 0.717) is 0 Å². The van der Waals surface area contributed by atoms with Gasteiger partial charge < -0.3 is 22.7 Å². The van der Waals surface area contributed by atoms with Crippen molar-refractivity contribution in [2.24, 2.45) is 0 Å². The molecule has 12 heteroatoms. The third-order valence-corrected chi connectivity index (χ3v) is 32.5. The first-order valence-corrected chi connectivity index (χ1v) is 51.3. The maximum atomic E-state index is 6.51. The smallest absolute Gasteiger partial charge is 0.160 e. The molecule has 0 aliphatic heterocycles. The van der Waals surface area contributed by atoms with Crippen LogP contribution >= 0.6 is 11.3 Å². The molecular formula is C135H92N10OS. The van der Waals surface area contributed by atoms with E-state index in [1.807, 2.05) is 53.8 Å². The monoisotopic (exact) mass is 1900 g/mol. The van der Waals surface area contributed by atoms with E-state index in [1.165, 1.54) is 141 Å². The van der Waals surface area contributed by atoms with Gasteiger partial charge in [0.1, 0.15) is 11.2 Å². The summed E-state index contributed by atoms with van der Waals surface area (Å²) in [5, 5.41) is 14.9. The van der Waals surface area contributed by atoms with E-state index < -0.39 is 0 Å². The number of aromatic nitrogens is 10. The van der Waals surface area contributed by atoms with Gasteiger partial charge in [0.15, 0.2) is 17.5 Å². The van der Waals surface area contributed by atoms with E-state index in [9.17, 15) is 0 Å². The minimum Gasteiger partial charge on any atom is -0.455 e. The molecule has 31 rings (SSSR count). The molecule has 0 spiro atoms. The Hall–Kier alpha value is -18.4. The maximum Gasteiger partial charge on any atom is 0.160 e. The second-order valence-corrected chi connectivity index (χ2v) is 41.6. The number of hydrogen-bond donors (Lipinski definition) is 0. The van der Waals surface area contributed by atoms with Crippen LogP contribution in [0.15, 0.2) is 453 Å². The number of benzene rings is 19. The van der Waals surface area contributed by atoms with Gasteiger partial charge in [0.05, 0.1) is 83.7 Å². The van der Waals surface area contributed by atoms with Gasteiger partial charge in [0, 0.05) is 174 Å². The van der Waals surface area contributed by atoms with Crippen LogP contribution in [0.5, 0.6) is 0 Å². The largest absolute Gasteiger partial charge is 0.455 e. The van der Waals surface area contributed by atoms with Crippen molar-refractivity contribution in [1.29, 1.82) is 0 Å². The lowest BCUT2D eigenvalue weighted by Crippen LogP contribution is -2.17. The lowest BCUT2D eigenvalue weighted by Gasteiger charge is -2.24. The zero-order valence-electron chi connectivity index (χ0n) is 81.5. The predicted octanol–water partition coefficient (Wildman–Crippen LogP) is 35.0. The molecule has 0 N–H and O–H groups in total. The topological polar surface area (TPSA) is 110 Å². The standard InChI is InChI=1S/C49H34N4.C43H29N3O.C43H29N3S/c1-49(2)39-22-12-9-20-37(39)46-44(49)45(50-48(51-46)32-15-5-3-6-16-32)31-25-27-34(28-26-31)52-41-24-14-11-21-38(41)43-42(52)30-29-36-35-19-10-13-23-40(35)53(47(36)43)33-17-7-4-8-18-33;2*1-43(2)33-17-9-6-15-31(33)40-38(43)39(44-42(45-40)27-12-4-3-5-13-27)26-20-22-28(23-21-26)46-34-18-10-7-16-32(34)37-35(46)25-24-30-29-14-8-11-19-36(29)47-41(30)37/h3-30H,1-2H3;2*3-25H,1-2H3. The molecule has 3 aliphatic carbocycles. The van der Waals surface area contributed by atoms with Crippen LogP contribution < -0.4 is 0 Å². The van der Waals surface area contributed by atoms with Gasteiger partial charge in [-0.15, -0.1) is 11.3 Å². The summed E-state index contributed by atoms with van der Waals surface area (Å²) in [6.45, 7) is 13.8. The van der Waals surface area contributed by atoms with Gasteiger partial charge in [0.2, 0.25) is 0 Å². The fraction of sp³-hybridized carbons (Fsp3) is 0.0667. The summed E-state index contributed by atoms with van der Waals surface area (Å²) in [7, 11) is 0. The Labute approximate surface area is 851 Å². The molecule has 0 fully saturated rings. The number of nitrogens with zero attached hydrogens (tertiary/aromatic N) is 10. The Kier molecular flexibility index (Phi) is 19.1. The van der Waals surface area contributed by atoms with E-state index in [0.717, 1.165) is 146 Å². The van der Waals surface area contributed by atoms with Crippen LogP contribution in [0.25, 0.3) is 254 Å². The molecule has 9 aromatic heterocycles. The van der Waals surface area contributed by atoms with Crippen LogP contribution in [-0.4, -0.2) is 48.2 Å². The maximum absolute atomic E-state index is 6.51. The average Bonchev–Trinajstić information content (AvgIpc) is 1.54. The molecule has 19 aromatic carbocycles. The number of rotatable bonds is 10. The van der Waals surface area contributed by atoms with Gasteiger partial charge in [-0.25, -0.2) is 29.9 Å². The molecule has 0 atom stereocenters. The van der Waals surface area contributed by atoms with Crippen molar-refractivity contribution >= 4 is 141 Å². The van der Waals surface area contributed by atoms with Crippen LogP contribution in [0.1, 0.15) is 74.9 Å². The second-order valence-electron chi connectivity index (χ2n) is 40.6. The summed E-state index contributed by atoms with van der Waals surface area (Å²) >= 11 is 1.89. The van der Waals surface area contributed by atoms with Gasteiger partial charge in [-0.3, -0.25) is 0 Å². The lowest BCUT2D eigenvalue weighted by atomic mass is 9.81. The van der Waals surface area contributed by atoms with Gasteiger partial charge in [-0.05, 0) is 126 Å². The number of fused-ring (bicyclic) bond motifs is 30. The Morgan fingerprint density at radius 1 is 0.211 bits per heavy atom. The molecule has 9 heterocycles. The molecule has 0 saturated carbocycles. The van der Waals surface area contributed by atoms with Gasteiger partial charge in [-0.1, -0.05) is 381 Å². The average molecular weight is 1900 g/mol. The van der Waals surface area contributed by atoms with E-state index >= 15 is 0 Å². The molecule has 28 aromatic rings. The Bertz CT molecular complexity index is 9940. The molecule has 3 aliphatic rings. The number of hydrogen-bond acceptors (Lipinski definition) is 8. The van der Waals surface area contributed by atoms with Crippen molar-refractivity contribution in [3.05, 3.63) is 482 Å². The molecular weight excluding hydrogens is 1810 g/mol. The van der Waals surface area contributed by atoms with Crippen molar-refractivity contribution in [1.82, 2.24) is 48.2 Å². The predicted molar refractivity (Wildman–Crippen MR) is 609 cm³/mol. The van der Waals surface area contributed by atoms with E-state index in [-0.39, 0.29) is 16.2 Å². The van der Waals surface area contributed by atoms with E-state index in [4.69, 9.17) is 34.3 Å². The van der Waals surface area contributed by atoms with Crippen molar-refractivity contribution in [2.45, 2.75) is 57.8 Å². The molecule has 694 valence electrons. The molecule has 0 radical (unpaired) electrons. The van der Waals surface area contributed by atoms with Gasteiger partial charge >= 0.3 is 0 Å². The highest BCUT2D eigenvalue weighted by Crippen LogP contribution is 2.57. The molecule has 0 saturated heterocycles. The number of thiophene rings is 1. The first-order valence-electron chi connectivity index (χ1n) is 50.5. The lowest BCUT2D eigenvalue weighted by molar-refractivity contribution is 0.657. The summed E-state index contributed by atoms with van der Waals surface area (Å²) in [6, 6.07) is 160. The molecule has 11 nitrogen and oxygen atoms in total. The van der Waals surface area contributed by atoms with Crippen molar-refractivity contribution < 1.29 is 4.42 Å². The highest BCUT2D eigenvalue weighted by atomic mass is 32.1. The van der Waals surface area contributed by atoms with Crippen molar-refractivity contribution in [2.75, 3.05) is 0 Å². The molecule has 147 heavy (non-hydrogen) atoms. The van der Waals surface area contributed by atoms with Gasteiger partial charge in [-0.2, -0.15) is 0 Å². The van der Waals surface area contributed by atoms with Gasteiger partial charge in [0.25, 0.3) is 0 Å². The highest BCUT2D eigenvalue weighted by Gasteiger charge is 2.44. The minimum absolute atomic E-state index is 0.225. The Balaban J connectivity index is 0.000000104. The normalized spacial score (nSPS) is 13.4. The quantitative estimate of drug-likeness (QED) is 0.134. The fourth-order valence-corrected chi connectivity index (χ4v) is 25.8. The van der Waals surface area contributed by atoms with Crippen LogP contribution in [0.2, 0.25) is 0 Å². The summed E-state index contributed by atoms with van der Waals surface area (Å²) in [5.41, 5.74) is 38.5. The summed E-state index contributed by atoms with van der Waals surface area (Å²) in [6.07, 6.45) is 0. The first-order chi connectivity index (χ1) is 72.2. The Morgan fingerprint density at radius 2 is 0.524 bits per heavy atom. The second kappa shape index (κ2) is 32.8. The summed E-state index contributed by atoms with van der Waals surface area (Å²) < 4.78 is 18.8. The van der Waals surface area contributed by atoms with E-state index in [1.54, 1.807) is 0 Å². The van der Waals surface area contributed by atoms with Crippen molar-refractivity contribution in [3.8, 4) is 124 Å². The van der Waals surface area contributed by atoms with Crippen LogP contribution in [0.3, 0.4) is 0 Å². The highest BCUT2D eigenvalue weighted by molar-refractivity contribution is 7.26. The number of para-hydroxylation sites is 6. The summed E-state index contributed by atoms with van der Waals surface area (Å²) in [4.78, 5) is 31.5. The molecule has 0 unspecified atom stereocenters. The van der Waals surface area contributed by atoms with E-state index in [2.05, 4.69) is 466 Å². The first kappa shape index (κ1) is 85.4.